The molecule has 1 aliphatic rings. The van der Waals surface area contributed by atoms with Crippen molar-refractivity contribution in [2.24, 2.45) is 5.92 Å². The van der Waals surface area contributed by atoms with E-state index in [9.17, 15) is 48.5 Å². The number of rotatable bonds is 33. The molecule has 1 heterocycles. The number of unbranched alkanes of at least 4 members (excludes halogenated alkanes) is 2. The smallest absolute Gasteiger partial charge is 0.317 e. The fraction of sp³-hybridized carbons (Fsp3) is 0.643. The molecule has 3 rings (SSSR count). The molecule has 0 aliphatic carbocycles. The summed E-state index contributed by atoms with van der Waals surface area (Å²) in [4.78, 5) is 99.7. The summed E-state index contributed by atoms with van der Waals surface area (Å²) in [6.07, 6.45) is 10.7. The average Bonchev–Trinajstić information content (AvgIpc) is 3.88. The van der Waals surface area contributed by atoms with Crippen molar-refractivity contribution >= 4 is 54.9 Å². The van der Waals surface area contributed by atoms with Crippen LogP contribution in [0.2, 0.25) is 0 Å². The maximum Gasteiger partial charge on any atom is 0.317 e. The number of hydrogen-bond acceptors (Lipinski definition) is 12. The zero-order valence-electron chi connectivity index (χ0n) is 47.3. The first-order chi connectivity index (χ1) is 36.7. The van der Waals surface area contributed by atoms with Crippen LogP contribution in [0.4, 0.5) is 0 Å². The van der Waals surface area contributed by atoms with Crippen molar-refractivity contribution in [2.45, 2.75) is 176 Å². The molecule has 77 heavy (non-hydrogen) atoms. The number of benzene rings is 2. The molecular weight excluding hydrogens is 989 g/mol. The Morgan fingerprint density at radius 2 is 1.26 bits per heavy atom. The molecule has 4 atom stereocenters. The van der Waals surface area contributed by atoms with Gasteiger partial charge in [0.25, 0.3) is 5.91 Å². The maximum atomic E-state index is 13.3. The van der Waals surface area contributed by atoms with Crippen molar-refractivity contribution in [1.82, 2.24) is 36.0 Å². The van der Waals surface area contributed by atoms with Gasteiger partial charge in [-0.2, -0.15) is 0 Å². The fourth-order valence-electron chi connectivity index (χ4n) is 7.79. The maximum absolute atomic E-state index is 13.3. The van der Waals surface area contributed by atoms with E-state index in [2.05, 4.69) is 60.8 Å². The molecule has 2 aromatic carbocycles. The lowest BCUT2D eigenvalue weighted by Crippen LogP contribution is -2.49. The second-order valence-electron chi connectivity index (χ2n) is 19.3. The van der Waals surface area contributed by atoms with Crippen molar-refractivity contribution in [3.8, 4) is 5.75 Å². The number of carbonyl (C=O) groups is 8. The number of nitrogens with one attached hydrogen (secondary N) is 4. The van der Waals surface area contributed by atoms with E-state index < -0.39 is 35.9 Å². The highest BCUT2D eigenvalue weighted by molar-refractivity contribution is 6.28. The highest BCUT2D eigenvalue weighted by atomic mass is 16.4. The average molecular weight is 1080 g/mol. The third-order valence-electron chi connectivity index (χ3n) is 12.4. The first kappa shape index (κ1) is 70.9. The van der Waals surface area contributed by atoms with E-state index in [0.29, 0.717) is 68.8 Å². The van der Waals surface area contributed by atoms with Gasteiger partial charge in [0, 0.05) is 44.0 Å². The van der Waals surface area contributed by atoms with Gasteiger partial charge in [-0.3, -0.25) is 48.2 Å². The Balaban J connectivity index is 0.00000181. The number of amides is 5. The summed E-state index contributed by atoms with van der Waals surface area (Å²) in [6, 6.07) is 11.4. The predicted octanol–water partition coefficient (Wildman–Crippen LogP) is 5.78. The molecule has 1 fully saturated rings. The van der Waals surface area contributed by atoms with Crippen molar-refractivity contribution in [2.75, 3.05) is 52.4 Å². The first-order valence-electron chi connectivity index (χ1n) is 27.6. The lowest BCUT2D eigenvalue weighted by atomic mass is 9.86. The molecule has 5 amide bonds. The summed E-state index contributed by atoms with van der Waals surface area (Å²) in [5.74, 6) is -3.11. The number of carboxylic acids is 3. The van der Waals surface area contributed by atoms with Crippen LogP contribution in [0.5, 0.6) is 5.75 Å². The van der Waals surface area contributed by atoms with E-state index in [0.717, 1.165) is 84.2 Å². The van der Waals surface area contributed by atoms with E-state index in [1.54, 1.807) is 55.1 Å². The normalized spacial score (nSPS) is 13.7. The van der Waals surface area contributed by atoms with Crippen molar-refractivity contribution < 1.29 is 63.8 Å². The van der Waals surface area contributed by atoms with Crippen LogP contribution in [0, 0.1) is 5.92 Å². The molecule has 0 bridgehead atoms. The quantitative estimate of drug-likeness (QED) is 0.0302. The molecule has 20 nitrogen and oxygen atoms in total. The van der Waals surface area contributed by atoms with E-state index in [-0.39, 0.29) is 61.3 Å². The predicted molar refractivity (Wildman–Crippen MR) is 299 cm³/mol. The third kappa shape index (κ3) is 34.4. The summed E-state index contributed by atoms with van der Waals surface area (Å²) in [7, 11) is 1.02. The molecular formula is C56H93BN7O13. The minimum atomic E-state index is -0.808. The monoisotopic (exact) mass is 1080 g/mol. The highest BCUT2D eigenvalue weighted by Gasteiger charge is 2.32. The fourth-order valence-corrected chi connectivity index (χ4v) is 7.79. The Morgan fingerprint density at radius 1 is 0.675 bits per heavy atom. The lowest BCUT2D eigenvalue weighted by molar-refractivity contribution is -0.139. The van der Waals surface area contributed by atoms with Gasteiger partial charge < -0.3 is 51.6 Å². The van der Waals surface area contributed by atoms with Crippen molar-refractivity contribution in [3.05, 3.63) is 65.2 Å². The van der Waals surface area contributed by atoms with Gasteiger partial charge >= 0.3 is 25.4 Å². The van der Waals surface area contributed by atoms with Crippen LogP contribution in [-0.2, 0) is 46.5 Å². The summed E-state index contributed by atoms with van der Waals surface area (Å²) >= 11 is 0. The van der Waals surface area contributed by atoms with Crippen LogP contribution in [0.1, 0.15) is 167 Å². The van der Waals surface area contributed by atoms with Gasteiger partial charge in [0.2, 0.25) is 23.6 Å². The largest absolute Gasteiger partial charge is 0.508 e. The molecule has 0 aromatic heterocycles. The zero-order valence-corrected chi connectivity index (χ0v) is 47.3. The number of carbonyl (C=O) groups excluding carboxylic acids is 5. The highest BCUT2D eigenvalue weighted by Crippen LogP contribution is 2.17. The van der Waals surface area contributed by atoms with Crippen LogP contribution in [0.3, 0.4) is 0 Å². The Kier molecular flexibility index (Phi) is 39.6. The molecule has 1 radical (unpaired) electrons. The van der Waals surface area contributed by atoms with Gasteiger partial charge in [-0.25, -0.2) is 0 Å². The van der Waals surface area contributed by atoms with Crippen molar-refractivity contribution in [1.29, 1.82) is 0 Å². The van der Waals surface area contributed by atoms with Crippen LogP contribution in [0.25, 0.3) is 0 Å². The molecule has 0 saturated carbocycles. The van der Waals surface area contributed by atoms with Gasteiger partial charge in [-0.1, -0.05) is 85.6 Å². The number of hydrogen-bond donors (Lipinski definition) is 9. The van der Waals surface area contributed by atoms with Gasteiger partial charge in [-0.05, 0) is 139 Å². The van der Waals surface area contributed by atoms with Crippen LogP contribution >= 0.6 is 0 Å². The molecule has 4 unspecified atom stereocenters. The number of phenolic OH excluding ortho intramolecular Hbond substituents is 1. The molecule has 1 saturated heterocycles. The first-order valence-corrected chi connectivity index (χ1v) is 27.6. The van der Waals surface area contributed by atoms with Crippen LogP contribution in [-0.4, -0.2) is 165 Å². The topological polar surface area (TPSA) is 296 Å². The van der Waals surface area contributed by atoms with Crippen LogP contribution < -0.4 is 21.3 Å². The number of aromatic hydroxyl groups is 1. The number of nitrogens with zero attached hydrogens (tertiary/aromatic N) is 3. The molecule has 0 spiro atoms. The molecule has 21 heteroatoms. The minimum absolute atomic E-state index is 0.0306. The number of aliphatic carboxylic acids is 3. The number of phenols is 1. The molecule has 9 N–H and O–H groups in total. The summed E-state index contributed by atoms with van der Waals surface area (Å²) in [5.41, 5.74) is 1.78. The zero-order chi connectivity index (χ0) is 58.1. The molecule has 2 aromatic rings. The summed E-state index contributed by atoms with van der Waals surface area (Å²) < 4.78 is 0. The SMILES string of the molecule is CCC(=O)O.CCCCC(=O)O.CCCN(CCC(C)CC)CC(=O)O.CCCN(CCC)CC(=O)NCCCCC(NC(=O)Cc1ccc(O)cc1)C(=O)NCc1ccc(C(=O)NC(C)C(=O)N2CCCC2[B]O)cc1. The van der Waals surface area contributed by atoms with E-state index in [1.165, 1.54) is 18.6 Å². The summed E-state index contributed by atoms with van der Waals surface area (Å²) in [6.45, 7) is 21.1. The Bertz CT molecular complexity index is 2010. The number of likely N-dealkylation sites (tertiary alicyclic amines) is 1. The molecule has 1 aliphatic heterocycles. The second-order valence-corrected chi connectivity index (χ2v) is 19.3. The van der Waals surface area contributed by atoms with E-state index in [4.69, 9.17) is 15.3 Å². The van der Waals surface area contributed by atoms with Gasteiger partial charge in [0.15, 0.2) is 0 Å². The standard InChI is InChI=1S/C37H54BN6O7.C11H23NO2.C5H10O2.C3H6O2/c1-4-20-43(21-5-2)25-34(47)39-19-7-6-9-31(42-33(46)23-27-13-17-30(45)18-14-27)36(49)40-24-28-11-15-29(16-12-28)35(48)41-26(3)37(50)44-22-8-10-32(44)38-51;1-4-7-12(9-11(13)14)8-6-10(3)5-2;1-2-3-4-5(6)7;1-2-3(4)5/h11-18,26,31-32,45,51H,4-10,19-25H2,1-3H3,(H,39,47)(H,40,49)(H,41,48)(H,42,46);10H,4-9H2,1-3H3,(H,13,14);2-4H2,1H3,(H,6,7);2H2,1H3,(H,4,5). The van der Waals surface area contributed by atoms with Crippen LogP contribution in [0.15, 0.2) is 48.5 Å². The van der Waals surface area contributed by atoms with Gasteiger partial charge in [0.05, 0.1) is 19.5 Å². The number of carboxylic acid groups (broad SMARTS) is 3. The Hall–Kier alpha value is -6.06. The van der Waals surface area contributed by atoms with Crippen molar-refractivity contribution in [3.63, 3.8) is 0 Å². The third-order valence-corrected chi connectivity index (χ3v) is 12.4. The lowest BCUT2D eigenvalue weighted by Gasteiger charge is -2.26. The van der Waals surface area contributed by atoms with E-state index >= 15 is 0 Å². The van der Waals surface area contributed by atoms with E-state index in [1.807, 2.05) is 11.8 Å². The summed E-state index contributed by atoms with van der Waals surface area (Å²) in [5, 5.41) is 54.8. The van der Waals surface area contributed by atoms with Gasteiger partial charge in [0.1, 0.15) is 17.8 Å². The second kappa shape index (κ2) is 43.0. The Morgan fingerprint density at radius 3 is 1.77 bits per heavy atom. The van der Waals surface area contributed by atoms with Gasteiger partial charge in [-0.15, -0.1) is 0 Å². The Labute approximate surface area is 458 Å². The molecule has 433 valence electrons. The minimum Gasteiger partial charge on any atom is -0.508 e.